The van der Waals surface area contributed by atoms with E-state index in [0.717, 1.165) is 49.3 Å². The lowest BCUT2D eigenvalue weighted by atomic mass is 9.77. The van der Waals surface area contributed by atoms with Crippen molar-refractivity contribution in [3.8, 4) is 16.9 Å². The van der Waals surface area contributed by atoms with Crippen LogP contribution in [0.2, 0.25) is 0 Å². The standard InChI is InChI=1S/C39H35F11O2/c1-2-3-4-5-22-6-8-24(9-7-22)25-10-12-26(13-11-25)27-18-31(42)35(32(43)19-27)38(47,48)51-15-14-23-16-29(40)36(30(41)17-23)39(49,50)52-28-20-33(44)37(46)34(45)21-28/h10-13,16-22,24H,2-9,14-15H2,1H3. The molecule has 0 saturated heterocycles. The van der Waals surface area contributed by atoms with Gasteiger partial charge in [0.05, 0.1) is 6.61 Å². The van der Waals surface area contributed by atoms with E-state index >= 15 is 8.78 Å². The molecule has 280 valence electrons. The van der Waals surface area contributed by atoms with Crippen LogP contribution in [0.3, 0.4) is 0 Å². The number of unbranched alkanes of at least 4 members (excludes halogenated alkanes) is 2. The molecule has 0 N–H and O–H groups in total. The average Bonchev–Trinajstić information content (AvgIpc) is 3.06. The highest BCUT2D eigenvalue weighted by molar-refractivity contribution is 5.64. The number of alkyl halides is 4. The van der Waals surface area contributed by atoms with E-state index in [9.17, 15) is 39.5 Å². The van der Waals surface area contributed by atoms with Crippen LogP contribution < -0.4 is 4.74 Å². The first-order valence-corrected chi connectivity index (χ1v) is 16.9. The Morgan fingerprint density at radius 3 is 1.71 bits per heavy atom. The van der Waals surface area contributed by atoms with Crippen molar-refractivity contribution in [3.05, 3.63) is 124 Å². The van der Waals surface area contributed by atoms with Gasteiger partial charge in [0.15, 0.2) is 17.5 Å². The summed E-state index contributed by atoms with van der Waals surface area (Å²) < 4.78 is 167. The molecular weight excluding hydrogens is 709 g/mol. The number of halogens is 11. The van der Waals surface area contributed by atoms with E-state index in [4.69, 9.17) is 0 Å². The molecular formula is C39H35F11O2. The van der Waals surface area contributed by atoms with Crippen molar-refractivity contribution in [2.24, 2.45) is 5.92 Å². The smallest absolute Gasteiger partial charge is 0.429 e. The highest BCUT2D eigenvalue weighted by Crippen LogP contribution is 2.40. The molecule has 0 aliphatic heterocycles. The molecule has 0 spiro atoms. The van der Waals surface area contributed by atoms with Gasteiger partial charge in [-0.05, 0) is 90.5 Å². The van der Waals surface area contributed by atoms with Crippen molar-refractivity contribution in [2.45, 2.75) is 82.8 Å². The largest absolute Gasteiger partial charge is 0.432 e. The maximum atomic E-state index is 15.0. The molecule has 0 bridgehead atoms. The lowest BCUT2D eigenvalue weighted by Gasteiger charge is -2.29. The Balaban J connectivity index is 1.21. The fourth-order valence-corrected chi connectivity index (χ4v) is 6.64. The zero-order valence-corrected chi connectivity index (χ0v) is 28.0. The quantitative estimate of drug-likeness (QED) is 0.0727. The van der Waals surface area contributed by atoms with Crippen LogP contribution in [-0.4, -0.2) is 6.61 Å². The lowest BCUT2D eigenvalue weighted by Crippen LogP contribution is -2.26. The predicted octanol–water partition coefficient (Wildman–Crippen LogP) is 12.6. The Kier molecular flexibility index (Phi) is 12.2. The highest BCUT2D eigenvalue weighted by atomic mass is 19.3. The van der Waals surface area contributed by atoms with E-state index in [1.54, 1.807) is 12.1 Å². The fraction of sp³-hybridized carbons (Fsp3) is 0.385. The third kappa shape index (κ3) is 9.08. The number of hydrogen-bond donors (Lipinski definition) is 0. The Morgan fingerprint density at radius 2 is 1.15 bits per heavy atom. The Labute approximate surface area is 293 Å². The third-order valence-electron chi connectivity index (χ3n) is 9.38. The number of benzene rings is 4. The van der Waals surface area contributed by atoms with E-state index in [1.807, 2.05) is 12.1 Å². The molecule has 5 rings (SSSR count). The number of hydrogen-bond acceptors (Lipinski definition) is 2. The summed E-state index contributed by atoms with van der Waals surface area (Å²) in [6.07, 6.45) is -0.823. The fourth-order valence-electron chi connectivity index (χ4n) is 6.64. The summed E-state index contributed by atoms with van der Waals surface area (Å²) in [5, 5.41) is 0. The van der Waals surface area contributed by atoms with Gasteiger partial charge >= 0.3 is 12.2 Å². The van der Waals surface area contributed by atoms with Crippen molar-refractivity contribution < 1.29 is 57.8 Å². The third-order valence-corrected chi connectivity index (χ3v) is 9.38. The SMILES string of the molecule is CCCCCC1CCC(c2ccc(-c3cc(F)c(C(F)(F)OCCc4cc(F)c(C(F)(F)Oc5cc(F)c(F)c(F)c5)c(F)c4)c(F)c3)cc2)CC1. The van der Waals surface area contributed by atoms with Crippen molar-refractivity contribution in [3.63, 3.8) is 0 Å². The molecule has 0 unspecified atom stereocenters. The molecule has 4 aromatic carbocycles. The molecule has 52 heavy (non-hydrogen) atoms. The van der Waals surface area contributed by atoms with Gasteiger partial charge in [0.1, 0.15) is 40.1 Å². The number of ether oxygens (including phenoxy) is 2. The minimum absolute atomic E-state index is 0.0160. The minimum atomic E-state index is -4.86. The molecule has 0 atom stereocenters. The summed E-state index contributed by atoms with van der Waals surface area (Å²) in [5.74, 6) is -13.0. The van der Waals surface area contributed by atoms with Crippen LogP contribution in [0.15, 0.2) is 60.7 Å². The van der Waals surface area contributed by atoms with E-state index in [0.29, 0.717) is 23.6 Å². The molecule has 1 fully saturated rings. The molecule has 0 radical (unpaired) electrons. The van der Waals surface area contributed by atoms with E-state index in [-0.39, 0.29) is 17.7 Å². The summed E-state index contributed by atoms with van der Waals surface area (Å²) in [7, 11) is 0. The van der Waals surface area contributed by atoms with Gasteiger partial charge < -0.3 is 9.47 Å². The van der Waals surface area contributed by atoms with Crippen LogP contribution in [0.1, 0.15) is 86.5 Å². The van der Waals surface area contributed by atoms with Gasteiger partial charge in [0.25, 0.3) is 0 Å². The zero-order valence-electron chi connectivity index (χ0n) is 28.0. The Bertz CT molecular complexity index is 1780. The molecule has 1 saturated carbocycles. The van der Waals surface area contributed by atoms with E-state index in [1.165, 1.54) is 25.7 Å². The second kappa shape index (κ2) is 16.3. The Morgan fingerprint density at radius 1 is 0.615 bits per heavy atom. The van der Waals surface area contributed by atoms with E-state index in [2.05, 4.69) is 16.4 Å². The maximum Gasteiger partial charge on any atom is 0.432 e. The molecule has 1 aliphatic rings. The first-order valence-electron chi connectivity index (χ1n) is 16.9. The molecule has 0 heterocycles. The second-order valence-electron chi connectivity index (χ2n) is 13.0. The predicted molar refractivity (Wildman–Crippen MR) is 171 cm³/mol. The zero-order chi connectivity index (χ0) is 37.8. The van der Waals surface area contributed by atoms with Crippen LogP contribution in [0.4, 0.5) is 48.3 Å². The molecule has 1 aliphatic carbocycles. The molecule has 0 amide bonds. The van der Waals surface area contributed by atoms with Crippen molar-refractivity contribution in [1.29, 1.82) is 0 Å². The van der Waals surface area contributed by atoms with Gasteiger partial charge in [-0.1, -0.05) is 56.9 Å². The van der Waals surface area contributed by atoms with Crippen LogP contribution in [-0.2, 0) is 23.4 Å². The van der Waals surface area contributed by atoms with Crippen molar-refractivity contribution in [2.75, 3.05) is 6.61 Å². The monoisotopic (exact) mass is 744 g/mol. The lowest BCUT2D eigenvalue weighted by molar-refractivity contribution is -0.251. The molecule has 2 nitrogen and oxygen atoms in total. The van der Waals surface area contributed by atoms with Gasteiger partial charge in [0, 0.05) is 12.1 Å². The molecule has 0 aromatic heterocycles. The molecule has 13 heteroatoms. The van der Waals surface area contributed by atoms with Crippen molar-refractivity contribution in [1.82, 2.24) is 0 Å². The minimum Gasteiger partial charge on any atom is -0.429 e. The van der Waals surface area contributed by atoms with E-state index < -0.39 is 88.4 Å². The topological polar surface area (TPSA) is 18.5 Å². The normalized spacial score (nSPS) is 16.7. The van der Waals surface area contributed by atoms with Gasteiger partial charge in [-0.3, -0.25) is 0 Å². The summed E-state index contributed by atoms with van der Waals surface area (Å²) in [6.45, 7) is 1.12. The summed E-state index contributed by atoms with van der Waals surface area (Å²) in [5.41, 5.74) is -2.63. The summed E-state index contributed by atoms with van der Waals surface area (Å²) >= 11 is 0. The van der Waals surface area contributed by atoms with Gasteiger partial charge in [-0.15, -0.1) is 0 Å². The van der Waals surface area contributed by atoms with Crippen LogP contribution in [0, 0.1) is 46.6 Å². The summed E-state index contributed by atoms with van der Waals surface area (Å²) in [4.78, 5) is 0. The van der Waals surface area contributed by atoms with Gasteiger partial charge in [0.2, 0.25) is 0 Å². The van der Waals surface area contributed by atoms with Crippen LogP contribution >= 0.6 is 0 Å². The van der Waals surface area contributed by atoms with Gasteiger partial charge in [-0.2, -0.15) is 17.6 Å². The summed E-state index contributed by atoms with van der Waals surface area (Å²) in [6, 6.07) is 9.33. The Hall–Kier alpha value is -4.13. The first-order chi connectivity index (χ1) is 24.6. The molecule has 4 aromatic rings. The van der Waals surface area contributed by atoms with Crippen LogP contribution in [0.5, 0.6) is 5.75 Å². The number of rotatable bonds is 14. The highest BCUT2D eigenvalue weighted by Gasteiger charge is 2.42. The van der Waals surface area contributed by atoms with Crippen LogP contribution in [0.25, 0.3) is 11.1 Å². The second-order valence-corrected chi connectivity index (χ2v) is 13.0. The first kappa shape index (κ1) is 39.1. The van der Waals surface area contributed by atoms with Crippen molar-refractivity contribution >= 4 is 0 Å². The average molecular weight is 745 g/mol. The van der Waals surface area contributed by atoms with Gasteiger partial charge in [-0.25, -0.2) is 30.7 Å². The maximum absolute atomic E-state index is 15.0.